The van der Waals surface area contributed by atoms with Crippen molar-refractivity contribution in [2.24, 2.45) is 10.4 Å². The van der Waals surface area contributed by atoms with Gasteiger partial charge in [0.25, 0.3) is 0 Å². The molecule has 0 amide bonds. The lowest BCUT2D eigenvalue weighted by Gasteiger charge is -2.18. The minimum atomic E-state index is 0.391. The van der Waals surface area contributed by atoms with Crippen LogP contribution in [0.5, 0.6) is 0 Å². The molecule has 1 heterocycles. The molecule has 122 valence electrons. The summed E-state index contributed by atoms with van der Waals surface area (Å²) in [6, 6.07) is 14.6. The molecule has 2 N–H and O–H groups in total. The summed E-state index contributed by atoms with van der Waals surface area (Å²) in [5.41, 5.74) is 1.81. The van der Waals surface area contributed by atoms with E-state index in [4.69, 9.17) is 4.42 Å². The first-order valence-corrected chi connectivity index (χ1v) is 8.38. The fourth-order valence-corrected chi connectivity index (χ4v) is 2.79. The van der Waals surface area contributed by atoms with E-state index in [0.29, 0.717) is 12.0 Å². The summed E-state index contributed by atoms with van der Waals surface area (Å²) >= 11 is 0. The molecule has 0 atom stereocenters. The maximum atomic E-state index is 5.34. The van der Waals surface area contributed by atoms with E-state index in [-0.39, 0.29) is 0 Å². The van der Waals surface area contributed by atoms with Crippen LogP contribution in [0.3, 0.4) is 0 Å². The molecule has 3 rings (SSSR count). The van der Waals surface area contributed by atoms with Gasteiger partial charge in [0, 0.05) is 13.1 Å². The van der Waals surface area contributed by atoms with Crippen LogP contribution in [0.15, 0.2) is 58.1 Å². The van der Waals surface area contributed by atoms with Gasteiger partial charge >= 0.3 is 0 Å². The molecule has 0 aliphatic heterocycles. The van der Waals surface area contributed by atoms with E-state index in [2.05, 4.69) is 52.9 Å². The maximum Gasteiger partial charge on any atom is 0.191 e. The normalized spacial score (nSPS) is 16.1. The van der Waals surface area contributed by atoms with Crippen molar-refractivity contribution in [2.75, 3.05) is 13.1 Å². The lowest BCUT2D eigenvalue weighted by Crippen LogP contribution is -2.40. The Labute approximate surface area is 138 Å². The molecular formula is C19H25N3O. The number of nitrogens with zero attached hydrogens (tertiary/aromatic N) is 1. The standard InChI is InChI=1S/C19H25N3O/c1-2-20-18(21-14-17-9-6-12-23-17)22-15-19(10-11-19)13-16-7-4-3-5-8-16/h3-9,12H,2,10-11,13-15H2,1H3,(H2,20,21,22). The number of furan rings is 1. The van der Waals surface area contributed by atoms with Crippen molar-refractivity contribution in [1.82, 2.24) is 10.6 Å². The molecular weight excluding hydrogens is 286 g/mol. The number of hydrogen-bond acceptors (Lipinski definition) is 2. The van der Waals surface area contributed by atoms with Crippen molar-refractivity contribution in [3.05, 3.63) is 60.1 Å². The van der Waals surface area contributed by atoms with Gasteiger partial charge in [0.2, 0.25) is 0 Å². The Bertz CT molecular complexity index is 615. The fraction of sp³-hybridized carbons (Fsp3) is 0.421. The van der Waals surface area contributed by atoms with E-state index < -0.39 is 0 Å². The molecule has 0 bridgehead atoms. The van der Waals surface area contributed by atoms with Crippen LogP contribution in [-0.4, -0.2) is 19.0 Å². The second kappa shape index (κ2) is 7.36. The van der Waals surface area contributed by atoms with Crippen molar-refractivity contribution in [2.45, 2.75) is 32.7 Å². The largest absolute Gasteiger partial charge is 0.467 e. The maximum absolute atomic E-state index is 5.34. The molecule has 4 nitrogen and oxygen atoms in total. The average Bonchev–Trinajstić information content (AvgIpc) is 3.13. The van der Waals surface area contributed by atoms with Crippen LogP contribution < -0.4 is 10.6 Å². The second-order valence-corrected chi connectivity index (χ2v) is 6.29. The Morgan fingerprint density at radius 2 is 1.96 bits per heavy atom. The van der Waals surface area contributed by atoms with Crippen LogP contribution in [0.25, 0.3) is 0 Å². The van der Waals surface area contributed by atoms with Crippen molar-refractivity contribution < 1.29 is 4.42 Å². The number of guanidine groups is 1. The summed E-state index contributed by atoms with van der Waals surface area (Å²) in [7, 11) is 0. The molecule has 0 spiro atoms. The highest BCUT2D eigenvalue weighted by Gasteiger charge is 2.42. The topological polar surface area (TPSA) is 49.6 Å². The number of rotatable bonds is 7. The zero-order valence-corrected chi connectivity index (χ0v) is 13.7. The zero-order chi connectivity index (χ0) is 16.0. The molecule has 0 unspecified atom stereocenters. The lowest BCUT2D eigenvalue weighted by atomic mass is 9.96. The minimum Gasteiger partial charge on any atom is -0.467 e. The molecule has 1 fully saturated rings. The molecule has 2 aromatic rings. The molecule has 1 aliphatic carbocycles. The van der Waals surface area contributed by atoms with E-state index in [9.17, 15) is 0 Å². The van der Waals surface area contributed by atoms with Gasteiger partial charge in [-0.1, -0.05) is 30.3 Å². The number of aliphatic imine (C=N–C) groups is 1. The van der Waals surface area contributed by atoms with Crippen LogP contribution in [0.1, 0.15) is 31.1 Å². The van der Waals surface area contributed by atoms with Crippen LogP contribution in [0.4, 0.5) is 0 Å². The molecule has 1 aromatic carbocycles. The van der Waals surface area contributed by atoms with Gasteiger partial charge in [-0.05, 0) is 49.3 Å². The quantitative estimate of drug-likeness (QED) is 0.609. The van der Waals surface area contributed by atoms with Crippen LogP contribution in [0, 0.1) is 5.41 Å². The number of benzene rings is 1. The first kappa shape index (κ1) is 15.7. The highest BCUT2D eigenvalue weighted by atomic mass is 16.3. The van der Waals surface area contributed by atoms with Crippen molar-refractivity contribution in [3.63, 3.8) is 0 Å². The van der Waals surface area contributed by atoms with E-state index in [1.807, 2.05) is 12.1 Å². The van der Waals surface area contributed by atoms with Gasteiger partial charge in [-0.2, -0.15) is 0 Å². The predicted molar refractivity (Wildman–Crippen MR) is 93.3 cm³/mol. The van der Waals surface area contributed by atoms with Crippen molar-refractivity contribution >= 4 is 5.96 Å². The summed E-state index contributed by atoms with van der Waals surface area (Å²) in [5, 5.41) is 6.81. The van der Waals surface area contributed by atoms with Crippen LogP contribution in [-0.2, 0) is 13.0 Å². The zero-order valence-electron chi connectivity index (χ0n) is 13.7. The van der Waals surface area contributed by atoms with Gasteiger partial charge in [0.05, 0.1) is 6.26 Å². The van der Waals surface area contributed by atoms with Gasteiger partial charge in [-0.25, -0.2) is 4.99 Å². The van der Waals surface area contributed by atoms with E-state index >= 15 is 0 Å². The Morgan fingerprint density at radius 1 is 1.13 bits per heavy atom. The van der Waals surface area contributed by atoms with Gasteiger partial charge < -0.3 is 15.1 Å². The van der Waals surface area contributed by atoms with Crippen LogP contribution in [0.2, 0.25) is 0 Å². The Balaban J connectivity index is 1.55. The fourth-order valence-electron chi connectivity index (χ4n) is 2.79. The van der Waals surface area contributed by atoms with Crippen molar-refractivity contribution in [1.29, 1.82) is 0 Å². The molecule has 0 saturated heterocycles. The molecule has 23 heavy (non-hydrogen) atoms. The highest BCUT2D eigenvalue weighted by Crippen LogP contribution is 2.47. The molecule has 1 aromatic heterocycles. The van der Waals surface area contributed by atoms with E-state index in [0.717, 1.165) is 31.2 Å². The lowest BCUT2D eigenvalue weighted by molar-refractivity contribution is 0.490. The summed E-state index contributed by atoms with van der Waals surface area (Å²) < 4.78 is 5.34. The third kappa shape index (κ3) is 4.62. The second-order valence-electron chi connectivity index (χ2n) is 6.29. The summed E-state index contributed by atoms with van der Waals surface area (Å²) in [6.45, 7) is 4.47. The van der Waals surface area contributed by atoms with Gasteiger partial charge in [0.1, 0.15) is 12.3 Å². The summed E-state index contributed by atoms with van der Waals surface area (Å²) in [4.78, 5) is 4.59. The Kier molecular flexibility index (Phi) is 5.01. The summed E-state index contributed by atoms with van der Waals surface area (Å²) in [6.07, 6.45) is 5.39. The third-order valence-corrected chi connectivity index (χ3v) is 4.33. The molecule has 1 saturated carbocycles. The van der Waals surface area contributed by atoms with Crippen molar-refractivity contribution in [3.8, 4) is 0 Å². The molecule has 0 radical (unpaired) electrons. The molecule has 1 aliphatic rings. The summed E-state index contributed by atoms with van der Waals surface area (Å²) in [5.74, 6) is 1.75. The predicted octanol–water partition coefficient (Wildman–Crippen LogP) is 3.36. The first-order chi connectivity index (χ1) is 11.3. The Hall–Kier alpha value is -2.23. The monoisotopic (exact) mass is 311 g/mol. The van der Waals surface area contributed by atoms with Gasteiger partial charge in [-0.15, -0.1) is 0 Å². The number of nitrogens with one attached hydrogen (secondary N) is 2. The first-order valence-electron chi connectivity index (χ1n) is 8.38. The minimum absolute atomic E-state index is 0.391. The van der Waals surface area contributed by atoms with E-state index in [1.165, 1.54) is 18.4 Å². The van der Waals surface area contributed by atoms with Crippen LogP contribution >= 0.6 is 0 Å². The SMILES string of the molecule is CCNC(=NCc1ccco1)NCC1(Cc2ccccc2)CC1. The smallest absolute Gasteiger partial charge is 0.191 e. The van der Waals surface area contributed by atoms with Gasteiger partial charge in [0.15, 0.2) is 5.96 Å². The average molecular weight is 311 g/mol. The number of hydrogen-bond donors (Lipinski definition) is 2. The Morgan fingerprint density at radius 3 is 2.61 bits per heavy atom. The molecule has 4 heteroatoms. The van der Waals surface area contributed by atoms with Gasteiger partial charge in [-0.3, -0.25) is 0 Å². The van der Waals surface area contributed by atoms with E-state index in [1.54, 1.807) is 6.26 Å². The third-order valence-electron chi connectivity index (χ3n) is 4.33. The highest BCUT2D eigenvalue weighted by molar-refractivity contribution is 5.79.